The van der Waals surface area contributed by atoms with Crippen molar-refractivity contribution in [1.29, 1.82) is 0 Å². The SMILES string of the molecule is O=C1c2c(cccc2-c2ccccc2)CCC12CC1=CCC2C1. The number of ketones is 1. The molecular weight excluding hydrogens is 280 g/mol. The Labute approximate surface area is 137 Å². The first-order valence-electron chi connectivity index (χ1n) is 8.68. The Bertz CT molecular complexity index is 830. The zero-order valence-electron chi connectivity index (χ0n) is 13.2. The molecule has 0 aromatic heterocycles. The quantitative estimate of drug-likeness (QED) is 0.661. The van der Waals surface area contributed by atoms with Crippen LogP contribution in [0.25, 0.3) is 11.1 Å². The molecule has 5 rings (SSSR count). The number of Topliss-reactive ketones (excluding diaryl/α,β-unsaturated/α-hetero) is 1. The molecule has 23 heavy (non-hydrogen) atoms. The number of carbonyl (C=O) groups excluding carboxylic acids is 1. The number of hydrogen-bond donors (Lipinski definition) is 0. The third-order valence-electron chi connectivity index (χ3n) is 6.28. The molecule has 114 valence electrons. The zero-order chi connectivity index (χ0) is 15.4. The Morgan fingerprint density at radius 3 is 2.61 bits per heavy atom. The van der Waals surface area contributed by atoms with Crippen LogP contribution in [0, 0.1) is 11.3 Å². The maximum atomic E-state index is 13.6. The van der Waals surface area contributed by atoms with Crippen LogP contribution >= 0.6 is 0 Å². The van der Waals surface area contributed by atoms with Crippen LogP contribution in [-0.4, -0.2) is 5.78 Å². The van der Waals surface area contributed by atoms with Gasteiger partial charge in [0.2, 0.25) is 0 Å². The largest absolute Gasteiger partial charge is 0.293 e. The maximum absolute atomic E-state index is 13.6. The summed E-state index contributed by atoms with van der Waals surface area (Å²) in [6, 6.07) is 16.8. The Morgan fingerprint density at radius 1 is 1.00 bits per heavy atom. The second kappa shape index (κ2) is 4.67. The molecule has 0 N–H and O–H groups in total. The van der Waals surface area contributed by atoms with Crippen molar-refractivity contribution in [3.8, 4) is 11.1 Å². The van der Waals surface area contributed by atoms with E-state index in [9.17, 15) is 4.79 Å². The van der Waals surface area contributed by atoms with Crippen LogP contribution in [0.1, 0.15) is 41.6 Å². The fourth-order valence-corrected chi connectivity index (χ4v) is 5.12. The Morgan fingerprint density at radius 2 is 1.87 bits per heavy atom. The molecule has 0 radical (unpaired) electrons. The molecule has 0 heterocycles. The van der Waals surface area contributed by atoms with E-state index in [4.69, 9.17) is 0 Å². The summed E-state index contributed by atoms with van der Waals surface area (Å²) in [5, 5.41) is 0. The predicted octanol–water partition coefficient (Wildman–Crippen LogP) is 5.21. The summed E-state index contributed by atoms with van der Waals surface area (Å²) in [6.45, 7) is 0. The van der Waals surface area contributed by atoms with Crippen molar-refractivity contribution in [1.82, 2.24) is 0 Å². The highest BCUT2D eigenvalue weighted by molar-refractivity contribution is 6.08. The van der Waals surface area contributed by atoms with E-state index in [1.54, 1.807) is 0 Å². The number of rotatable bonds is 1. The van der Waals surface area contributed by atoms with Crippen LogP contribution in [0.4, 0.5) is 0 Å². The van der Waals surface area contributed by atoms with Crippen LogP contribution in [0.5, 0.6) is 0 Å². The van der Waals surface area contributed by atoms with Gasteiger partial charge in [0, 0.05) is 11.0 Å². The molecule has 3 aliphatic rings. The molecule has 3 aliphatic carbocycles. The van der Waals surface area contributed by atoms with E-state index in [1.807, 2.05) is 6.07 Å². The Hall–Kier alpha value is -2.15. The number of benzene rings is 2. The zero-order valence-corrected chi connectivity index (χ0v) is 13.2. The smallest absolute Gasteiger partial charge is 0.170 e. The summed E-state index contributed by atoms with van der Waals surface area (Å²) in [7, 11) is 0. The van der Waals surface area contributed by atoms with E-state index in [-0.39, 0.29) is 5.41 Å². The summed E-state index contributed by atoms with van der Waals surface area (Å²) < 4.78 is 0. The summed E-state index contributed by atoms with van der Waals surface area (Å²) in [5.74, 6) is 0.980. The average molecular weight is 300 g/mol. The maximum Gasteiger partial charge on any atom is 0.170 e. The van der Waals surface area contributed by atoms with Crippen molar-refractivity contribution in [2.24, 2.45) is 11.3 Å². The van der Waals surface area contributed by atoms with Crippen molar-refractivity contribution in [3.05, 3.63) is 71.3 Å². The van der Waals surface area contributed by atoms with Crippen LogP contribution in [0.2, 0.25) is 0 Å². The first-order valence-corrected chi connectivity index (χ1v) is 8.68. The van der Waals surface area contributed by atoms with E-state index in [0.717, 1.165) is 48.8 Å². The standard InChI is InChI=1S/C22H20O/c23-21-20-17(7-4-8-19(20)16-5-2-1-3-6-16)11-12-22(21)14-15-9-10-18(22)13-15/h1-9,18H,10-14H2. The van der Waals surface area contributed by atoms with Gasteiger partial charge in [-0.15, -0.1) is 0 Å². The summed E-state index contributed by atoms with van der Waals surface area (Å²) >= 11 is 0. The van der Waals surface area contributed by atoms with Gasteiger partial charge in [-0.25, -0.2) is 0 Å². The van der Waals surface area contributed by atoms with Crippen LogP contribution in [-0.2, 0) is 6.42 Å². The number of carbonyl (C=O) groups is 1. The Kier molecular flexibility index (Phi) is 2.70. The minimum atomic E-state index is -0.0953. The predicted molar refractivity (Wildman–Crippen MR) is 92.4 cm³/mol. The number of allylic oxidation sites excluding steroid dienone is 2. The lowest BCUT2D eigenvalue weighted by atomic mass is 9.62. The molecule has 2 aromatic rings. The number of hydrogen-bond acceptors (Lipinski definition) is 1. The lowest BCUT2D eigenvalue weighted by Gasteiger charge is -2.39. The van der Waals surface area contributed by atoms with Gasteiger partial charge in [0.15, 0.2) is 5.78 Å². The van der Waals surface area contributed by atoms with Gasteiger partial charge in [-0.1, -0.05) is 60.2 Å². The van der Waals surface area contributed by atoms with Crippen molar-refractivity contribution >= 4 is 5.78 Å². The molecular formula is C22H20O. The van der Waals surface area contributed by atoms with Crippen LogP contribution < -0.4 is 0 Å². The molecule has 1 spiro atoms. The van der Waals surface area contributed by atoms with Crippen molar-refractivity contribution in [2.45, 2.75) is 32.1 Å². The first-order chi connectivity index (χ1) is 11.3. The van der Waals surface area contributed by atoms with Gasteiger partial charge in [-0.3, -0.25) is 4.79 Å². The van der Waals surface area contributed by atoms with Gasteiger partial charge in [0.05, 0.1) is 0 Å². The van der Waals surface area contributed by atoms with E-state index in [0.29, 0.717) is 11.7 Å². The van der Waals surface area contributed by atoms with E-state index < -0.39 is 0 Å². The fraction of sp³-hybridized carbons (Fsp3) is 0.318. The molecule has 1 fully saturated rings. The Balaban J connectivity index is 1.68. The minimum Gasteiger partial charge on any atom is -0.293 e. The van der Waals surface area contributed by atoms with E-state index in [2.05, 4.69) is 48.5 Å². The topological polar surface area (TPSA) is 17.1 Å². The van der Waals surface area contributed by atoms with Gasteiger partial charge >= 0.3 is 0 Å². The molecule has 2 aromatic carbocycles. The molecule has 2 bridgehead atoms. The monoisotopic (exact) mass is 300 g/mol. The highest BCUT2D eigenvalue weighted by atomic mass is 16.1. The third-order valence-corrected chi connectivity index (χ3v) is 6.28. The molecule has 1 nitrogen and oxygen atoms in total. The molecule has 1 heteroatoms. The summed E-state index contributed by atoms with van der Waals surface area (Å²) in [4.78, 5) is 13.6. The fourth-order valence-electron chi connectivity index (χ4n) is 5.12. The van der Waals surface area contributed by atoms with Gasteiger partial charge < -0.3 is 0 Å². The van der Waals surface area contributed by atoms with Crippen molar-refractivity contribution < 1.29 is 4.79 Å². The van der Waals surface area contributed by atoms with Crippen molar-refractivity contribution in [2.75, 3.05) is 0 Å². The summed E-state index contributed by atoms with van der Waals surface area (Å²) in [5.41, 5.74) is 5.99. The van der Waals surface area contributed by atoms with Crippen LogP contribution in [0.15, 0.2) is 60.2 Å². The molecule has 2 atom stereocenters. The molecule has 1 saturated carbocycles. The van der Waals surface area contributed by atoms with Gasteiger partial charge in [-0.2, -0.15) is 0 Å². The van der Waals surface area contributed by atoms with Gasteiger partial charge in [0.1, 0.15) is 0 Å². The van der Waals surface area contributed by atoms with E-state index >= 15 is 0 Å². The lowest BCUT2D eigenvalue weighted by Crippen LogP contribution is -2.40. The molecule has 0 amide bonds. The first kappa shape index (κ1) is 13.3. The second-order valence-corrected chi connectivity index (χ2v) is 7.37. The summed E-state index contributed by atoms with van der Waals surface area (Å²) in [6.07, 6.45) is 7.75. The molecule has 2 unspecified atom stereocenters. The minimum absolute atomic E-state index is 0.0953. The normalized spacial score (nSPS) is 28.1. The van der Waals surface area contributed by atoms with Gasteiger partial charge in [-0.05, 0) is 54.7 Å². The van der Waals surface area contributed by atoms with Crippen molar-refractivity contribution in [3.63, 3.8) is 0 Å². The van der Waals surface area contributed by atoms with E-state index in [1.165, 1.54) is 11.1 Å². The highest BCUT2D eigenvalue weighted by Crippen LogP contribution is 2.58. The lowest BCUT2D eigenvalue weighted by molar-refractivity contribution is 0.0672. The highest BCUT2D eigenvalue weighted by Gasteiger charge is 2.54. The average Bonchev–Trinajstić information content (AvgIpc) is 3.20. The van der Waals surface area contributed by atoms with Crippen LogP contribution in [0.3, 0.4) is 0 Å². The number of aryl methyl sites for hydroxylation is 1. The third kappa shape index (κ3) is 1.77. The molecule has 0 saturated heterocycles. The molecule has 0 aliphatic heterocycles. The van der Waals surface area contributed by atoms with Gasteiger partial charge in [0.25, 0.3) is 0 Å². The number of fused-ring (bicyclic) bond motifs is 4. The second-order valence-electron chi connectivity index (χ2n) is 7.37.